The second-order valence-electron chi connectivity index (χ2n) is 7.23. The molecular weight excluding hydrogens is 338 g/mol. The first-order valence-electron chi connectivity index (χ1n) is 9.60. The van der Waals surface area contributed by atoms with Crippen molar-refractivity contribution < 1.29 is 0 Å². The van der Waals surface area contributed by atoms with Gasteiger partial charge in [-0.2, -0.15) is 0 Å². The molecule has 3 aromatic rings. The molecule has 142 valence electrons. The Morgan fingerprint density at radius 2 is 2.33 bits per heavy atom. The zero-order chi connectivity index (χ0) is 18.6. The SMILES string of the molecule is CN=C(NCCc1c[nH]c2ncccc12)N1CCC(C)C(n2ccnc2)C1. The molecule has 4 heterocycles. The monoisotopic (exact) mass is 365 g/mol. The summed E-state index contributed by atoms with van der Waals surface area (Å²) in [5.41, 5.74) is 2.23. The van der Waals surface area contributed by atoms with Gasteiger partial charge in [0.1, 0.15) is 5.65 Å². The van der Waals surface area contributed by atoms with E-state index >= 15 is 0 Å². The molecule has 27 heavy (non-hydrogen) atoms. The molecule has 2 atom stereocenters. The van der Waals surface area contributed by atoms with Crippen LogP contribution in [0, 0.1) is 5.92 Å². The minimum Gasteiger partial charge on any atom is -0.356 e. The van der Waals surface area contributed by atoms with E-state index in [-0.39, 0.29) is 0 Å². The summed E-state index contributed by atoms with van der Waals surface area (Å²) in [5.74, 6) is 1.61. The lowest BCUT2D eigenvalue weighted by atomic mass is 9.93. The minimum atomic E-state index is 0.430. The van der Waals surface area contributed by atoms with E-state index in [2.05, 4.69) is 60.1 Å². The third-order valence-electron chi connectivity index (χ3n) is 5.55. The largest absolute Gasteiger partial charge is 0.356 e. The van der Waals surface area contributed by atoms with Gasteiger partial charge in [0.2, 0.25) is 0 Å². The molecule has 1 fully saturated rings. The smallest absolute Gasteiger partial charge is 0.193 e. The van der Waals surface area contributed by atoms with Crippen LogP contribution in [-0.4, -0.2) is 57.1 Å². The maximum absolute atomic E-state index is 4.52. The zero-order valence-corrected chi connectivity index (χ0v) is 16.0. The van der Waals surface area contributed by atoms with Crippen molar-refractivity contribution in [1.82, 2.24) is 29.7 Å². The molecule has 0 aromatic carbocycles. The predicted molar refractivity (Wildman–Crippen MR) is 108 cm³/mol. The zero-order valence-electron chi connectivity index (χ0n) is 16.0. The minimum absolute atomic E-state index is 0.430. The van der Waals surface area contributed by atoms with Crippen molar-refractivity contribution in [2.45, 2.75) is 25.8 Å². The van der Waals surface area contributed by atoms with Crippen LogP contribution >= 0.6 is 0 Å². The Kier molecular flexibility index (Phi) is 5.09. The number of pyridine rings is 1. The maximum Gasteiger partial charge on any atom is 0.193 e. The summed E-state index contributed by atoms with van der Waals surface area (Å²) in [6, 6.07) is 4.53. The van der Waals surface area contributed by atoms with Crippen LogP contribution in [0.5, 0.6) is 0 Å². The van der Waals surface area contributed by atoms with Gasteiger partial charge in [-0.05, 0) is 36.5 Å². The number of aliphatic imine (C=N–C) groups is 1. The lowest BCUT2D eigenvalue weighted by Crippen LogP contribution is -2.49. The van der Waals surface area contributed by atoms with Crippen LogP contribution in [0.4, 0.5) is 0 Å². The number of piperidine rings is 1. The number of hydrogen-bond donors (Lipinski definition) is 2. The molecule has 2 unspecified atom stereocenters. The molecule has 0 amide bonds. The first-order valence-corrected chi connectivity index (χ1v) is 9.60. The van der Waals surface area contributed by atoms with E-state index in [1.807, 2.05) is 31.8 Å². The van der Waals surface area contributed by atoms with Crippen LogP contribution < -0.4 is 5.32 Å². The molecule has 1 saturated heterocycles. The standard InChI is InChI=1S/C20H27N7/c1-15-6-10-26(13-18(15)27-11-9-22-14-27)20(21-2)24-8-5-16-12-25-19-17(16)4-3-7-23-19/h3-4,7,9,11-12,14-15,18H,5-6,8,10,13H2,1-2H3,(H,21,24)(H,23,25). The number of likely N-dealkylation sites (tertiary alicyclic amines) is 1. The number of aromatic nitrogens is 4. The van der Waals surface area contributed by atoms with Gasteiger partial charge in [0.05, 0.1) is 12.4 Å². The summed E-state index contributed by atoms with van der Waals surface area (Å²) in [6.45, 7) is 5.15. The fraction of sp³-hybridized carbons (Fsp3) is 0.450. The fourth-order valence-corrected chi connectivity index (χ4v) is 3.96. The van der Waals surface area contributed by atoms with Gasteiger partial charge in [-0.1, -0.05) is 6.92 Å². The van der Waals surface area contributed by atoms with Gasteiger partial charge in [-0.3, -0.25) is 4.99 Å². The Labute approximate surface area is 159 Å². The molecule has 7 heteroatoms. The van der Waals surface area contributed by atoms with Crippen LogP contribution in [0.25, 0.3) is 11.0 Å². The molecular formula is C20H27N7. The van der Waals surface area contributed by atoms with Crippen molar-refractivity contribution in [3.8, 4) is 0 Å². The van der Waals surface area contributed by atoms with Crippen molar-refractivity contribution >= 4 is 17.0 Å². The van der Waals surface area contributed by atoms with E-state index < -0.39 is 0 Å². The molecule has 0 radical (unpaired) electrons. The van der Waals surface area contributed by atoms with Crippen LogP contribution in [0.1, 0.15) is 24.9 Å². The van der Waals surface area contributed by atoms with Crippen molar-refractivity contribution in [2.24, 2.45) is 10.9 Å². The van der Waals surface area contributed by atoms with E-state index in [0.29, 0.717) is 12.0 Å². The average Bonchev–Trinajstić information content (AvgIpc) is 3.36. The summed E-state index contributed by atoms with van der Waals surface area (Å²) in [6.07, 6.45) is 11.8. The van der Waals surface area contributed by atoms with Gasteiger partial charge in [0.15, 0.2) is 5.96 Å². The predicted octanol–water partition coefficient (Wildman–Crippen LogP) is 2.46. The second kappa shape index (κ2) is 7.82. The average molecular weight is 365 g/mol. The van der Waals surface area contributed by atoms with Crippen LogP contribution in [0.15, 0.2) is 48.2 Å². The van der Waals surface area contributed by atoms with Crippen LogP contribution in [-0.2, 0) is 6.42 Å². The number of imidazole rings is 1. The van der Waals surface area contributed by atoms with Crippen molar-refractivity contribution in [3.05, 3.63) is 48.8 Å². The van der Waals surface area contributed by atoms with Gasteiger partial charge in [0, 0.05) is 56.9 Å². The number of aromatic amines is 1. The Hall–Kier alpha value is -2.83. The van der Waals surface area contributed by atoms with E-state index in [4.69, 9.17) is 0 Å². The topological polar surface area (TPSA) is 74.1 Å². The fourth-order valence-electron chi connectivity index (χ4n) is 3.96. The molecule has 0 aliphatic carbocycles. The third kappa shape index (κ3) is 3.67. The Balaban J connectivity index is 1.37. The molecule has 1 aliphatic heterocycles. The lowest BCUT2D eigenvalue weighted by molar-refractivity contribution is 0.189. The molecule has 2 N–H and O–H groups in total. The van der Waals surface area contributed by atoms with Gasteiger partial charge < -0.3 is 19.8 Å². The van der Waals surface area contributed by atoms with Crippen molar-refractivity contribution in [1.29, 1.82) is 0 Å². The summed E-state index contributed by atoms with van der Waals surface area (Å²) < 4.78 is 2.23. The number of hydrogen-bond acceptors (Lipinski definition) is 3. The maximum atomic E-state index is 4.52. The lowest BCUT2D eigenvalue weighted by Gasteiger charge is -2.39. The molecule has 3 aromatic heterocycles. The van der Waals surface area contributed by atoms with Crippen LogP contribution in [0.2, 0.25) is 0 Å². The highest BCUT2D eigenvalue weighted by atomic mass is 15.3. The first kappa shape index (κ1) is 17.6. The highest BCUT2D eigenvalue weighted by molar-refractivity contribution is 5.81. The number of nitrogens with one attached hydrogen (secondary N) is 2. The molecule has 0 saturated carbocycles. The normalized spacial score (nSPS) is 21.0. The summed E-state index contributed by atoms with van der Waals surface area (Å²) >= 11 is 0. The second-order valence-corrected chi connectivity index (χ2v) is 7.23. The summed E-state index contributed by atoms with van der Waals surface area (Å²) in [4.78, 5) is 18.7. The third-order valence-corrected chi connectivity index (χ3v) is 5.55. The highest BCUT2D eigenvalue weighted by Gasteiger charge is 2.28. The first-order chi connectivity index (χ1) is 13.3. The number of H-pyrrole nitrogens is 1. The Morgan fingerprint density at radius 1 is 1.41 bits per heavy atom. The van der Waals surface area contributed by atoms with Gasteiger partial charge >= 0.3 is 0 Å². The molecule has 7 nitrogen and oxygen atoms in total. The van der Waals surface area contributed by atoms with E-state index in [9.17, 15) is 0 Å². The highest BCUT2D eigenvalue weighted by Crippen LogP contribution is 2.27. The number of nitrogens with zero attached hydrogens (tertiary/aromatic N) is 5. The van der Waals surface area contributed by atoms with E-state index in [0.717, 1.165) is 44.1 Å². The van der Waals surface area contributed by atoms with Crippen molar-refractivity contribution in [3.63, 3.8) is 0 Å². The van der Waals surface area contributed by atoms with E-state index in [1.165, 1.54) is 10.9 Å². The molecule has 4 rings (SSSR count). The van der Waals surface area contributed by atoms with Gasteiger partial charge in [-0.25, -0.2) is 9.97 Å². The van der Waals surface area contributed by atoms with Gasteiger partial charge in [-0.15, -0.1) is 0 Å². The molecule has 1 aliphatic rings. The van der Waals surface area contributed by atoms with Crippen molar-refractivity contribution in [2.75, 3.05) is 26.7 Å². The molecule has 0 bridgehead atoms. The number of fused-ring (bicyclic) bond motifs is 1. The summed E-state index contributed by atoms with van der Waals surface area (Å²) in [5, 5.41) is 4.74. The molecule has 0 spiro atoms. The summed E-state index contributed by atoms with van der Waals surface area (Å²) in [7, 11) is 1.86. The number of rotatable bonds is 4. The van der Waals surface area contributed by atoms with Crippen LogP contribution in [0.3, 0.4) is 0 Å². The van der Waals surface area contributed by atoms with Gasteiger partial charge in [0.25, 0.3) is 0 Å². The Bertz CT molecular complexity index is 896. The number of guanidine groups is 1. The van der Waals surface area contributed by atoms with E-state index in [1.54, 1.807) is 0 Å². The quantitative estimate of drug-likeness (QED) is 0.550. The Morgan fingerprint density at radius 3 is 3.15 bits per heavy atom.